The van der Waals surface area contributed by atoms with E-state index in [1.807, 2.05) is 13.1 Å². The van der Waals surface area contributed by atoms with Crippen molar-refractivity contribution in [2.45, 2.75) is 26.7 Å². The summed E-state index contributed by atoms with van der Waals surface area (Å²) < 4.78 is 0. The smallest absolute Gasteiger partial charge is 0.261 e. The Balaban J connectivity index is 2.46. The summed E-state index contributed by atoms with van der Waals surface area (Å²) >= 11 is 1.60. The highest BCUT2D eigenvalue weighted by Gasteiger charge is 2.10. The molecule has 2 N–H and O–H groups in total. The number of aryl methyl sites for hydroxylation is 2. The molecule has 4 heteroatoms. The molecule has 3 nitrogen and oxygen atoms in total. The lowest BCUT2D eigenvalue weighted by atomic mass is 10.2. The van der Waals surface area contributed by atoms with Crippen LogP contribution in [0.15, 0.2) is 6.07 Å². The van der Waals surface area contributed by atoms with Crippen LogP contribution >= 0.6 is 11.3 Å². The normalized spacial score (nSPS) is 10.4. The molecule has 16 heavy (non-hydrogen) atoms. The zero-order valence-electron chi connectivity index (χ0n) is 10.2. The Hall–Kier alpha value is -0.870. The highest BCUT2D eigenvalue weighted by Crippen LogP contribution is 2.22. The van der Waals surface area contributed by atoms with E-state index in [4.69, 9.17) is 0 Å². The van der Waals surface area contributed by atoms with Crippen LogP contribution in [0.4, 0.5) is 0 Å². The van der Waals surface area contributed by atoms with E-state index >= 15 is 0 Å². The molecule has 0 aliphatic carbocycles. The monoisotopic (exact) mass is 240 g/mol. The summed E-state index contributed by atoms with van der Waals surface area (Å²) in [4.78, 5) is 13.9. The second-order valence-corrected chi connectivity index (χ2v) is 4.92. The predicted molar refractivity (Wildman–Crippen MR) is 69.3 cm³/mol. The van der Waals surface area contributed by atoms with Gasteiger partial charge in [0.1, 0.15) is 0 Å². The maximum atomic E-state index is 11.8. The molecule has 0 atom stereocenters. The lowest BCUT2D eigenvalue weighted by Gasteiger charge is -2.02. The summed E-state index contributed by atoms with van der Waals surface area (Å²) in [6, 6.07) is 1.98. The third-order valence-electron chi connectivity index (χ3n) is 2.45. The van der Waals surface area contributed by atoms with Crippen LogP contribution in [0.25, 0.3) is 0 Å². The highest BCUT2D eigenvalue weighted by molar-refractivity contribution is 7.14. The second-order valence-electron chi connectivity index (χ2n) is 3.78. The number of amides is 1. The SMILES string of the molecule is CCc1sc(C(=O)NCCCNC)cc1C. The van der Waals surface area contributed by atoms with E-state index in [1.165, 1.54) is 10.4 Å². The number of carbonyl (C=O) groups excluding carboxylic acids is 1. The molecule has 0 radical (unpaired) electrons. The van der Waals surface area contributed by atoms with Gasteiger partial charge < -0.3 is 10.6 Å². The van der Waals surface area contributed by atoms with Crippen LogP contribution in [0.3, 0.4) is 0 Å². The van der Waals surface area contributed by atoms with Crippen LogP contribution < -0.4 is 10.6 Å². The largest absolute Gasteiger partial charge is 0.351 e. The fraction of sp³-hybridized carbons (Fsp3) is 0.583. The van der Waals surface area contributed by atoms with Gasteiger partial charge in [0.15, 0.2) is 0 Å². The van der Waals surface area contributed by atoms with Crippen molar-refractivity contribution in [2.24, 2.45) is 0 Å². The number of hydrogen-bond donors (Lipinski definition) is 2. The standard InChI is InChI=1S/C12H20N2OS/c1-4-10-9(2)8-11(16-10)12(15)14-7-5-6-13-3/h8,13H,4-7H2,1-3H3,(H,14,15). The average Bonchev–Trinajstić information content (AvgIpc) is 2.66. The van der Waals surface area contributed by atoms with Gasteiger partial charge in [0.05, 0.1) is 4.88 Å². The van der Waals surface area contributed by atoms with Gasteiger partial charge in [0, 0.05) is 11.4 Å². The molecule has 0 unspecified atom stereocenters. The molecule has 0 spiro atoms. The lowest BCUT2D eigenvalue weighted by molar-refractivity contribution is 0.0957. The van der Waals surface area contributed by atoms with Gasteiger partial charge in [-0.15, -0.1) is 11.3 Å². The minimum Gasteiger partial charge on any atom is -0.351 e. The first-order chi connectivity index (χ1) is 7.69. The number of hydrogen-bond acceptors (Lipinski definition) is 3. The first-order valence-corrected chi connectivity index (χ1v) is 6.52. The summed E-state index contributed by atoms with van der Waals surface area (Å²) in [5.41, 5.74) is 1.23. The Labute approximate surface area is 101 Å². The zero-order valence-corrected chi connectivity index (χ0v) is 11.0. The van der Waals surface area contributed by atoms with E-state index in [9.17, 15) is 4.79 Å². The van der Waals surface area contributed by atoms with Crippen molar-refractivity contribution >= 4 is 17.2 Å². The first kappa shape index (κ1) is 13.2. The first-order valence-electron chi connectivity index (χ1n) is 5.71. The molecule has 0 fully saturated rings. The van der Waals surface area contributed by atoms with Crippen LogP contribution in [0.2, 0.25) is 0 Å². The average molecular weight is 240 g/mol. The zero-order chi connectivity index (χ0) is 12.0. The Bertz CT molecular complexity index is 347. The number of rotatable bonds is 6. The molecule has 0 saturated carbocycles. The van der Waals surface area contributed by atoms with Crippen molar-refractivity contribution in [3.8, 4) is 0 Å². The lowest BCUT2D eigenvalue weighted by Crippen LogP contribution is -2.25. The van der Waals surface area contributed by atoms with Gasteiger partial charge in [-0.3, -0.25) is 4.79 Å². The second kappa shape index (κ2) is 6.66. The van der Waals surface area contributed by atoms with Crippen molar-refractivity contribution in [3.63, 3.8) is 0 Å². The van der Waals surface area contributed by atoms with E-state index in [0.717, 1.165) is 30.8 Å². The summed E-state index contributed by atoms with van der Waals surface area (Å²) in [5, 5.41) is 5.98. The Kier molecular flexibility index (Phi) is 5.49. The van der Waals surface area contributed by atoms with Crippen molar-refractivity contribution in [1.82, 2.24) is 10.6 Å². The van der Waals surface area contributed by atoms with Crippen molar-refractivity contribution in [2.75, 3.05) is 20.1 Å². The topological polar surface area (TPSA) is 41.1 Å². The van der Waals surface area contributed by atoms with Gasteiger partial charge >= 0.3 is 0 Å². The van der Waals surface area contributed by atoms with Gasteiger partial charge in [-0.2, -0.15) is 0 Å². The molecule has 1 amide bonds. The van der Waals surface area contributed by atoms with Crippen LogP contribution in [0.1, 0.15) is 33.5 Å². The number of carbonyl (C=O) groups is 1. The number of nitrogens with one attached hydrogen (secondary N) is 2. The van der Waals surface area contributed by atoms with Crippen LogP contribution in [0.5, 0.6) is 0 Å². The van der Waals surface area contributed by atoms with E-state index in [-0.39, 0.29) is 5.91 Å². The van der Waals surface area contributed by atoms with Crippen LogP contribution in [-0.2, 0) is 6.42 Å². The molecule has 0 aliphatic rings. The molecule has 1 aromatic rings. The molecule has 0 aromatic carbocycles. The third kappa shape index (κ3) is 3.61. The van der Waals surface area contributed by atoms with Gasteiger partial charge in [0.25, 0.3) is 5.91 Å². The van der Waals surface area contributed by atoms with E-state index in [2.05, 4.69) is 24.5 Å². The quantitative estimate of drug-likeness (QED) is 0.746. The third-order valence-corrected chi connectivity index (χ3v) is 3.83. The Morgan fingerprint density at radius 1 is 1.44 bits per heavy atom. The van der Waals surface area contributed by atoms with Gasteiger partial charge in [-0.05, 0) is 45.0 Å². The summed E-state index contributed by atoms with van der Waals surface area (Å²) in [6.45, 7) is 5.85. The van der Waals surface area contributed by atoms with Gasteiger partial charge in [-0.1, -0.05) is 6.92 Å². The molecular weight excluding hydrogens is 220 g/mol. The van der Waals surface area contributed by atoms with Crippen molar-refractivity contribution < 1.29 is 4.79 Å². The Morgan fingerprint density at radius 3 is 2.75 bits per heavy atom. The Morgan fingerprint density at radius 2 is 2.19 bits per heavy atom. The van der Waals surface area contributed by atoms with Gasteiger partial charge in [0.2, 0.25) is 0 Å². The molecular formula is C12H20N2OS. The van der Waals surface area contributed by atoms with E-state index < -0.39 is 0 Å². The maximum Gasteiger partial charge on any atom is 0.261 e. The van der Waals surface area contributed by atoms with Gasteiger partial charge in [-0.25, -0.2) is 0 Å². The van der Waals surface area contributed by atoms with Crippen molar-refractivity contribution in [1.29, 1.82) is 0 Å². The van der Waals surface area contributed by atoms with E-state index in [1.54, 1.807) is 11.3 Å². The van der Waals surface area contributed by atoms with E-state index in [0.29, 0.717) is 0 Å². The summed E-state index contributed by atoms with van der Waals surface area (Å²) in [6.07, 6.45) is 1.97. The highest BCUT2D eigenvalue weighted by atomic mass is 32.1. The molecule has 0 saturated heterocycles. The summed E-state index contributed by atoms with van der Waals surface area (Å²) in [5.74, 6) is 0.0592. The summed E-state index contributed by atoms with van der Waals surface area (Å²) in [7, 11) is 1.91. The molecule has 0 bridgehead atoms. The molecule has 0 aliphatic heterocycles. The molecule has 90 valence electrons. The van der Waals surface area contributed by atoms with Crippen LogP contribution in [-0.4, -0.2) is 26.0 Å². The fourth-order valence-corrected chi connectivity index (χ4v) is 2.57. The fourth-order valence-electron chi connectivity index (χ4n) is 1.54. The molecule has 1 heterocycles. The minimum absolute atomic E-state index is 0.0592. The maximum absolute atomic E-state index is 11.8. The molecule has 1 aromatic heterocycles. The van der Waals surface area contributed by atoms with Crippen molar-refractivity contribution in [3.05, 3.63) is 21.4 Å². The van der Waals surface area contributed by atoms with Crippen LogP contribution in [0, 0.1) is 6.92 Å². The predicted octanol–water partition coefficient (Wildman–Crippen LogP) is 1.96. The number of thiophene rings is 1. The minimum atomic E-state index is 0.0592. The molecule has 1 rings (SSSR count).